The fourth-order valence-corrected chi connectivity index (χ4v) is 1.76. The highest BCUT2D eigenvalue weighted by Crippen LogP contribution is 2.36. The van der Waals surface area contributed by atoms with E-state index in [4.69, 9.17) is 22.1 Å². The quantitative estimate of drug-likeness (QED) is 0.694. The Bertz CT molecular complexity index is 338. The molecule has 0 fully saturated rings. The molecule has 2 rings (SSSR count). The van der Waals surface area contributed by atoms with Crippen LogP contribution >= 0.6 is 11.6 Å². The normalized spacial score (nSPS) is 20.7. The van der Waals surface area contributed by atoms with Gasteiger partial charge in [0.1, 0.15) is 5.75 Å². The Labute approximate surface area is 82.6 Å². The average molecular weight is 198 g/mol. The van der Waals surface area contributed by atoms with Crippen molar-refractivity contribution in [3.05, 3.63) is 28.3 Å². The van der Waals surface area contributed by atoms with E-state index in [-0.39, 0.29) is 6.04 Å². The zero-order valence-corrected chi connectivity index (χ0v) is 8.27. The topological polar surface area (TPSA) is 35.2 Å². The first-order valence-corrected chi connectivity index (χ1v) is 4.75. The van der Waals surface area contributed by atoms with Crippen molar-refractivity contribution in [1.29, 1.82) is 0 Å². The lowest BCUT2D eigenvalue weighted by atomic mass is 9.99. The first-order valence-electron chi connectivity index (χ1n) is 4.37. The molecular formula is C10H12ClNO. The third-order valence-corrected chi connectivity index (χ3v) is 2.85. The molecule has 0 radical (unpaired) electrons. The number of hydrogen-bond donors (Lipinski definition) is 1. The number of benzene rings is 1. The summed E-state index contributed by atoms with van der Waals surface area (Å²) in [6.45, 7) is 2.65. The standard InChI is InChI=1S/C10H12ClNO/c1-6-8(11)3-2-7-9(12)4-5-13-10(6)7/h2-3,9H,4-5,12H2,1H3/t9-/m0/s1. The third-order valence-electron chi connectivity index (χ3n) is 2.44. The molecule has 1 aliphatic heterocycles. The fraction of sp³-hybridized carbons (Fsp3) is 0.400. The Balaban J connectivity index is 2.56. The Morgan fingerprint density at radius 1 is 1.54 bits per heavy atom. The van der Waals surface area contributed by atoms with Crippen LogP contribution in [0, 0.1) is 6.92 Å². The number of rotatable bonds is 0. The van der Waals surface area contributed by atoms with Gasteiger partial charge in [0.05, 0.1) is 6.61 Å². The van der Waals surface area contributed by atoms with Crippen molar-refractivity contribution >= 4 is 11.6 Å². The minimum Gasteiger partial charge on any atom is -0.493 e. The molecule has 1 heterocycles. The van der Waals surface area contributed by atoms with E-state index >= 15 is 0 Å². The lowest BCUT2D eigenvalue weighted by molar-refractivity contribution is 0.267. The van der Waals surface area contributed by atoms with Crippen molar-refractivity contribution in [3.63, 3.8) is 0 Å². The van der Waals surface area contributed by atoms with Crippen LogP contribution in [-0.4, -0.2) is 6.61 Å². The van der Waals surface area contributed by atoms with E-state index in [1.165, 1.54) is 0 Å². The molecule has 3 heteroatoms. The number of ether oxygens (including phenoxy) is 1. The van der Waals surface area contributed by atoms with E-state index in [0.29, 0.717) is 6.61 Å². The predicted molar refractivity (Wildman–Crippen MR) is 53.2 cm³/mol. The summed E-state index contributed by atoms with van der Waals surface area (Å²) in [7, 11) is 0. The highest BCUT2D eigenvalue weighted by atomic mass is 35.5. The number of halogens is 1. The summed E-state index contributed by atoms with van der Waals surface area (Å²) < 4.78 is 5.54. The van der Waals surface area contributed by atoms with Gasteiger partial charge in [0.15, 0.2) is 0 Å². The van der Waals surface area contributed by atoms with Crippen molar-refractivity contribution in [2.24, 2.45) is 5.73 Å². The molecule has 0 aromatic heterocycles. The van der Waals surface area contributed by atoms with Crippen molar-refractivity contribution in [2.75, 3.05) is 6.61 Å². The van der Waals surface area contributed by atoms with Crippen molar-refractivity contribution in [3.8, 4) is 5.75 Å². The Hall–Kier alpha value is -0.730. The van der Waals surface area contributed by atoms with E-state index in [0.717, 1.165) is 28.3 Å². The summed E-state index contributed by atoms with van der Waals surface area (Å²) in [5.41, 5.74) is 8.01. The third kappa shape index (κ3) is 1.40. The van der Waals surface area contributed by atoms with E-state index in [2.05, 4.69) is 0 Å². The molecule has 1 aromatic carbocycles. The van der Waals surface area contributed by atoms with Gasteiger partial charge in [0, 0.05) is 28.6 Å². The lowest BCUT2D eigenvalue weighted by Crippen LogP contribution is -2.21. The Morgan fingerprint density at radius 3 is 3.08 bits per heavy atom. The Kier molecular flexibility index (Phi) is 2.18. The van der Waals surface area contributed by atoms with E-state index < -0.39 is 0 Å². The zero-order valence-electron chi connectivity index (χ0n) is 7.51. The van der Waals surface area contributed by atoms with Gasteiger partial charge in [-0.3, -0.25) is 0 Å². The monoisotopic (exact) mass is 197 g/mol. The first-order chi connectivity index (χ1) is 6.20. The van der Waals surface area contributed by atoms with Gasteiger partial charge in [-0.25, -0.2) is 0 Å². The zero-order chi connectivity index (χ0) is 9.42. The summed E-state index contributed by atoms with van der Waals surface area (Å²) in [6, 6.07) is 3.93. The van der Waals surface area contributed by atoms with Gasteiger partial charge in [-0.05, 0) is 13.0 Å². The molecule has 1 atom stereocenters. The minimum absolute atomic E-state index is 0.0970. The second kappa shape index (κ2) is 3.20. The van der Waals surface area contributed by atoms with Crippen LogP contribution in [0.4, 0.5) is 0 Å². The van der Waals surface area contributed by atoms with E-state index in [1.807, 2.05) is 19.1 Å². The highest BCUT2D eigenvalue weighted by molar-refractivity contribution is 6.31. The summed E-state index contributed by atoms with van der Waals surface area (Å²) in [5, 5.41) is 0.743. The molecule has 0 bridgehead atoms. The van der Waals surface area contributed by atoms with Crippen LogP contribution in [-0.2, 0) is 0 Å². The molecule has 2 nitrogen and oxygen atoms in total. The number of fused-ring (bicyclic) bond motifs is 1. The van der Waals surface area contributed by atoms with E-state index in [9.17, 15) is 0 Å². The largest absolute Gasteiger partial charge is 0.493 e. The molecule has 1 aliphatic rings. The molecule has 0 amide bonds. The van der Waals surface area contributed by atoms with Crippen molar-refractivity contribution < 1.29 is 4.74 Å². The molecule has 70 valence electrons. The molecule has 1 aromatic rings. The maximum Gasteiger partial charge on any atom is 0.128 e. The van der Waals surface area contributed by atoms with Crippen LogP contribution in [0.3, 0.4) is 0 Å². The van der Waals surface area contributed by atoms with Gasteiger partial charge in [-0.15, -0.1) is 0 Å². The van der Waals surface area contributed by atoms with Crippen LogP contribution in [0.1, 0.15) is 23.6 Å². The molecule has 0 saturated heterocycles. The predicted octanol–water partition coefficient (Wildman–Crippen LogP) is 2.43. The fourth-order valence-electron chi connectivity index (χ4n) is 1.62. The van der Waals surface area contributed by atoms with Gasteiger partial charge in [-0.1, -0.05) is 17.7 Å². The average Bonchev–Trinajstić information content (AvgIpc) is 2.12. The maximum atomic E-state index is 5.97. The van der Waals surface area contributed by atoms with Crippen LogP contribution in [0.2, 0.25) is 5.02 Å². The molecule has 0 saturated carbocycles. The molecule has 13 heavy (non-hydrogen) atoms. The van der Waals surface area contributed by atoms with Crippen molar-refractivity contribution in [1.82, 2.24) is 0 Å². The second-order valence-electron chi connectivity index (χ2n) is 3.33. The summed E-state index contributed by atoms with van der Waals surface area (Å²) in [5.74, 6) is 0.881. The van der Waals surface area contributed by atoms with Gasteiger partial charge in [-0.2, -0.15) is 0 Å². The minimum atomic E-state index is 0.0970. The molecule has 0 unspecified atom stereocenters. The number of nitrogens with two attached hydrogens (primary N) is 1. The first kappa shape index (κ1) is 8.85. The van der Waals surface area contributed by atoms with Crippen molar-refractivity contribution in [2.45, 2.75) is 19.4 Å². The van der Waals surface area contributed by atoms with Gasteiger partial charge < -0.3 is 10.5 Å². The van der Waals surface area contributed by atoms with Crippen LogP contribution in [0.15, 0.2) is 12.1 Å². The van der Waals surface area contributed by atoms with E-state index in [1.54, 1.807) is 0 Å². The highest BCUT2D eigenvalue weighted by Gasteiger charge is 2.20. The molecular weight excluding hydrogens is 186 g/mol. The SMILES string of the molecule is Cc1c(Cl)ccc2c1OCC[C@@H]2N. The summed E-state index contributed by atoms with van der Waals surface area (Å²) in [6.07, 6.45) is 0.883. The maximum absolute atomic E-state index is 5.97. The van der Waals surface area contributed by atoms with Gasteiger partial charge in [0.2, 0.25) is 0 Å². The lowest BCUT2D eigenvalue weighted by Gasteiger charge is -2.24. The van der Waals surface area contributed by atoms with Crippen LogP contribution < -0.4 is 10.5 Å². The van der Waals surface area contributed by atoms with Gasteiger partial charge >= 0.3 is 0 Å². The molecule has 0 aliphatic carbocycles. The smallest absolute Gasteiger partial charge is 0.128 e. The molecule has 2 N–H and O–H groups in total. The Morgan fingerprint density at radius 2 is 2.31 bits per heavy atom. The second-order valence-corrected chi connectivity index (χ2v) is 3.74. The van der Waals surface area contributed by atoms with Crippen LogP contribution in [0.5, 0.6) is 5.75 Å². The number of hydrogen-bond acceptors (Lipinski definition) is 2. The van der Waals surface area contributed by atoms with Crippen LogP contribution in [0.25, 0.3) is 0 Å². The van der Waals surface area contributed by atoms with Gasteiger partial charge in [0.25, 0.3) is 0 Å². The summed E-state index contributed by atoms with van der Waals surface area (Å²) >= 11 is 5.97. The summed E-state index contributed by atoms with van der Waals surface area (Å²) in [4.78, 5) is 0. The molecule has 0 spiro atoms.